The number of benzene rings is 2. The van der Waals surface area contributed by atoms with E-state index < -0.39 is 17.7 Å². The summed E-state index contributed by atoms with van der Waals surface area (Å²) in [6, 6.07) is 7.76. The van der Waals surface area contributed by atoms with Gasteiger partial charge in [0.2, 0.25) is 0 Å². The Morgan fingerprint density at radius 3 is 2.43 bits per heavy atom. The van der Waals surface area contributed by atoms with Crippen molar-refractivity contribution < 1.29 is 19.1 Å². The molecule has 21 heavy (non-hydrogen) atoms. The molecule has 0 radical (unpaired) electrons. The third-order valence-corrected chi connectivity index (χ3v) is 3.29. The van der Waals surface area contributed by atoms with Crippen LogP contribution in [0.4, 0.5) is 10.1 Å². The van der Waals surface area contributed by atoms with E-state index in [0.717, 1.165) is 6.07 Å². The SMILES string of the molecule is O=C(O)c1cc(NC(=O)c2c(F)cccc2Cl)ccc1Cl. The molecule has 0 aromatic heterocycles. The zero-order chi connectivity index (χ0) is 15.6. The molecule has 2 aromatic carbocycles. The molecule has 1 amide bonds. The Morgan fingerprint density at radius 2 is 1.81 bits per heavy atom. The van der Waals surface area contributed by atoms with Gasteiger partial charge in [0.25, 0.3) is 5.91 Å². The molecule has 2 N–H and O–H groups in total. The minimum absolute atomic E-state index is 0.0319. The Labute approximate surface area is 129 Å². The number of anilines is 1. The fraction of sp³-hybridized carbons (Fsp3) is 0. The van der Waals surface area contributed by atoms with E-state index in [4.69, 9.17) is 28.3 Å². The molecule has 0 saturated carbocycles. The van der Waals surface area contributed by atoms with E-state index in [1.807, 2.05) is 0 Å². The molecule has 108 valence electrons. The molecule has 0 bridgehead atoms. The lowest BCUT2D eigenvalue weighted by molar-refractivity contribution is 0.0696. The number of carbonyl (C=O) groups excluding carboxylic acids is 1. The summed E-state index contributed by atoms with van der Waals surface area (Å²) < 4.78 is 13.6. The molecule has 2 rings (SSSR count). The van der Waals surface area contributed by atoms with E-state index in [2.05, 4.69) is 5.32 Å². The predicted molar refractivity (Wildman–Crippen MR) is 77.8 cm³/mol. The van der Waals surface area contributed by atoms with Gasteiger partial charge in [-0.3, -0.25) is 4.79 Å². The van der Waals surface area contributed by atoms with Gasteiger partial charge in [-0.1, -0.05) is 29.3 Å². The molecule has 0 aliphatic rings. The molecule has 4 nitrogen and oxygen atoms in total. The second-order valence-corrected chi connectivity index (χ2v) is 4.86. The summed E-state index contributed by atoms with van der Waals surface area (Å²) in [5.74, 6) is -2.79. The van der Waals surface area contributed by atoms with E-state index >= 15 is 0 Å². The van der Waals surface area contributed by atoms with Crippen LogP contribution in [0.1, 0.15) is 20.7 Å². The Morgan fingerprint density at radius 1 is 1.10 bits per heavy atom. The van der Waals surface area contributed by atoms with Crippen LogP contribution in [0.5, 0.6) is 0 Å². The van der Waals surface area contributed by atoms with Crippen LogP contribution in [0.15, 0.2) is 36.4 Å². The first-order chi connectivity index (χ1) is 9.90. The first-order valence-corrected chi connectivity index (χ1v) is 6.44. The molecule has 0 unspecified atom stereocenters. The summed E-state index contributed by atoms with van der Waals surface area (Å²) in [5.41, 5.74) is -0.318. The lowest BCUT2D eigenvalue weighted by Crippen LogP contribution is -2.15. The van der Waals surface area contributed by atoms with Crippen molar-refractivity contribution in [3.8, 4) is 0 Å². The van der Waals surface area contributed by atoms with Crippen LogP contribution in [-0.4, -0.2) is 17.0 Å². The predicted octanol–water partition coefficient (Wildman–Crippen LogP) is 4.08. The average molecular weight is 328 g/mol. The Kier molecular flexibility index (Phi) is 4.45. The van der Waals surface area contributed by atoms with Gasteiger partial charge in [-0.25, -0.2) is 9.18 Å². The fourth-order valence-corrected chi connectivity index (χ4v) is 2.12. The van der Waals surface area contributed by atoms with E-state index in [9.17, 15) is 14.0 Å². The molecule has 0 aliphatic carbocycles. The molecular weight excluding hydrogens is 320 g/mol. The summed E-state index contributed by atoms with van der Waals surface area (Å²) in [4.78, 5) is 23.0. The summed E-state index contributed by atoms with van der Waals surface area (Å²) in [6.45, 7) is 0. The largest absolute Gasteiger partial charge is 0.478 e. The van der Waals surface area contributed by atoms with Crippen molar-refractivity contribution in [3.63, 3.8) is 0 Å². The van der Waals surface area contributed by atoms with E-state index in [1.54, 1.807) is 0 Å². The number of halogens is 3. The fourth-order valence-electron chi connectivity index (χ4n) is 1.68. The van der Waals surface area contributed by atoms with Crippen molar-refractivity contribution in [3.05, 3.63) is 63.4 Å². The zero-order valence-electron chi connectivity index (χ0n) is 10.4. The van der Waals surface area contributed by atoms with Crippen LogP contribution in [0.25, 0.3) is 0 Å². The number of carbonyl (C=O) groups is 2. The number of aromatic carboxylic acids is 1. The number of rotatable bonds is 3. The maximum atomic E-state index is 13.6. The Bertz CT molecular complexity index is 714. The number of carboxylic acids is 1. The number of carboxylic acid groups (broad SMARTS) is 1. The number of amides is 1. The minimum Gasteiger partial charge on any atom is -0.478 e. The van der Waals surface area contributed by atoms with Crippen LogP contribution in [0.3, 0.4) is 0 Å². The summed E-state index contributed by atoms with van der Waals surface area (Å²) in [6.07, 6.45) is 0. The molecule has 0 spiro atoms. The first kappa shape index (κ1) is 15.3. The standard InChI is InChI=1S/C14H8Cl2FNO3/c15-9-5-4-7(6-8(9)14(20)21)18-13(19)12-10(16)2-1-3-11(12)17/h1-6H,(H,18,19)(H,20,21). The van der Waals surface area contributed by atoms with E-state index in [-0.39, 0.29) is 26.9 Å². The van der Waals surface area contributed by atoms with Gasteiger partial charge in [0.05, 0.1) is 21.2 Å². The first-order valence-electron chi connectivity index (χ1n) is 5.68. The quantitative estimate of drug-likeness (QED) is 0.892. The molecular formula is C14H8Cl2FNO3. The normalized spacial score (nSPS) is 10.2. The molecule has 0 saturated heterocycles. The van der Waals surface area contributed by atoms with Crippen LogP contribution < -0.4 is 5.32 Å². The van der Waals surface area contributed by atoms with Gasteiger partial charge in [0, 0.05) is 5.69 Å². The molecule has 7 heteroatoms. The highest BCUT2D eigenvalue weighted by Crippen LogP contribution is 2.23. The zero-order valence-corrected chi connectivity index (χ0v) is 11.9. The van der Waals surface area contributed by atoms with Crippen molar-refractivity contribution in [1.82, 2.24) is 0 Å². The van der Waals surface area contributed by atoms with Crippen LogP contribution in [0.2, 0.25) is 10.0 Å². The summed E-state index contributed by atoms with van der Waals surface area (Å²) in [5, 5.41) is 11.3. The smallest absolute Gasteiger partial charge is 0.337 e. The molecule has 0 fully saturated rings. The van der Waals surface area contributed by atoms with Crippen molar-refractivity contribution >= 4 is 40.8 Å². The van der Waals surface area contributed by atoms with Gasteiger partial charge >= 0.3 is 5.97 Å². The molecule has 2 aromatic rings. The average Bonchev–Trinajstić information content (AvgIpc) is 2.40. The number of nitrogens with one attached hydrogen (secondary N) is 1. The van der Waals surface area contributed by atoms with Crippen molar-refractivity contribution in [1.29, 1.82) is 0 Å². The molecule has 0 heterocycles. The maximum absolute atomic E-state index is 13.6. The molecule has 0 atom stereocenters. The van der Waals surface area contributed by atoms with Gasteiger partial charge in [0.1, 0.15) is 5.82 Å². The number of hydrogen-bond acceptors (Lipinski definition) is 2. The van der Waals surface area contributed by atoms with Gasteiger partial charge in [-0.05, 0) is 30.3 Å². The third-order valence-electron chi connectivity index (χ3n) is 2.64. The summed E-state index contributed by atoms with van der Waals surface area (Å²) in [7, 11) is 0. The lowest BCUT2D eigenvalue weighted by atomic mass is 10.1. The van der Waals surface area contributed by atoms with Gasteiger partial charge in [-0.15, -0.1) is 0 Å². The lowest BCUT2D eigenvalue weighted by Gasteiger charge is -2.09. The third kappa shape index (κ3) is 3.32. The second-order valence-electron chi connectivity index (χ2n) is 4.05. The highest BCUT2D eigenvalue weighted by atomic mass is 35.5. The monoisotopic (exact) mass is 327 g/mol. The maximum Gasteiger partial charge on any atom is 0.337 e. The Hall–Kier alpha value is -2.11. The van der Waals surface area contributed by atoms with Gasteiger partial charge < -0.3 is 10.4 Å². The van der Waals surface area contributed by atoms with E-state index in [0.29, 0.717) is 0 Å². The highest BCUT2D eigenvalue weighted by Gasteiger charge is 2.17. The second kappa shape index (κ2) is 6.11. The summed E-state index contributed by atoms with van der Waals surface area (Å²) >= 11 is 11.5. The minimum atomic E-state index is -1.24. The van der Waals surface area contributed by atoms with Crippen molar-refractivity contribution in [2.75, 3.05) is 5.32 Å². The van der Waals surface area contributed by atoms with Gasteiger partial charge in [0.15, 0.2) is 0 Å². The van der Waals surface area contributed by atoms with Gasteiger partial charge in [-0.2, -0.15) is 0 Å². The van der Waals surface area contributed by atoms with E-state index in [1.165, 1.54) is 30.3 Å². The van der Waals surface area contributed by atoms with Crippen LogP contribution >= 0.6 is 23.2 Å². The number of hydrogen-bond donors (Lipinski definition) is 2. The van der Waals surface area contributed by atoms with Crippen molar-refractivity contribution in [2.45, 2.75) is 0 Å². The highest BCUT2D eigenvalue weighted by molar-refractivity contribution is 6.35. The topological polar surface area (TPSA) is 66.4 Å². The molecule has 0 aliphatic heterocycles. The Balaban J connectivity index is 2.32. The van der Waals surface area contributed by atoms with Crippen LogP contribution in [0, 0.1) is 5.82 Å². The van der Waals surface area contributed by atoms with Crippen molar-refractivity contribution in [2.24, 2.45) is 0 Å². The van der Waals surface area contributed by atoms with Crippen LogP contribution in [-0.2, 0) is 0 Å².